The predicted octanol–water partition coefficient (Wildman–Crippen LogP) is 5.60. The molecule has 0 spiro atoms. The van der Waals surface area contributed by atoms with Gasteiger partial charge in [0.05, 0.1) is 17.2 Å². The van der Waals surface area contributed by atoms with Gasteiger partial charge in [0.2, 0.25) is 17.7 Å². The summed E-state index contributed by atoms with van der Waals surface area (Å²) in [6, 6.07) is 10.8. The van der Waals surface area contributed by atoms with Gasteiger partial charge in [0, 0.05) is 25.6 Å². The van der Waals surface area contributed by atoms with Gasteiger partial charge in [0.1, 0.15) is 6.04 Å². The molecule has 0 aliphatic rings. The van der Waals surface area contributed by atoms with Crippen molar-refractivity contribution >= 4 is 33.4 Å². The molecule has 2 amide bonds. The van der Waals surface area contributed by atoms with E-state index in [0.717, 1.165) is 6.42 Å². The third-order valence-electron chi connectivity index (χ3n) is 6.93. The largest absolute Gasteiger partial charge is 0.357 e. The van der Waals surface area contributed by atoms with Crippen LogP contribution in [-0.4, -0.2) is 43.4 Å². The Hall–Kier alpha value is -4.17. The summed E-state index contributed by atoms with van der Waals surface area (Å²) in [4.78, 5) is 31.3. The number of benzene rings is 2. The Morgan fingerprint density at radius 3 is 2.41 bits per heavy atom. The minimum Gasteiger partial charge on any atom is -0.357 e. The van der Waals surface area contributed by atoms with E-state index in [0.29, 0.717) is 40.8 Å². The SMILES string of the molecule is [C-]#[N+]c1cc(CN(C(=O)CCCC)C(C(=O)NC)C(C)C)ccc1-c1ccccc1S(=O)(=O)Nc1onc(C)c1C. The van der Waals surface area contributed by atoms with Crippen molar-refractivity contribution in [3.05, 3.63) is 70.7 Å². The standard InChI is InChI=1S/C30H37N5O5S/c1-8-9-14-27(36)35(28(19(2)3)29(37)32-7)18-22-15-16-23(25(17-22)31-6)24-12-10-11-13-26(24)41(38,39)34-30-20(4)21(5)33-40-30/h10-13,15-17,19,28,34H,8-9,14,18H2,1-5,7H3,(H,32,37). The molecule has 0 aliphatic heterocycles. The molecule has 3 aromatic rings. The number of hydrogen-bond donors (Lipinski definition) is 2. The van der Waals surface area contributed by atoms with Crippen molar-refractivity contribution in [3.8, 4) is 11.1 Å². The van der Waals surface area contributed by atoms with E-state index in [1.165, 1.54) is 6.07 Å². The first-order chi connectivity index (χ1) is 19.4. The summed E-state index contributed by atoms with van der Waals surface area (Å²) < 4.78 is 34.4. The maximum absolute atomic E-state index is 13.4. The lowest BCUT2D eigenvalue weighted by Crippen LogP contribution is -2.51. The third kappa shape index (κ3) is 7.13. The Bertz CT molecular complexity index is 1560. The van der Waals surface area contributed by atoms with E-state index in [4.69, 9.17) is 11.1 Å². The molecule has 1 heterocycles. The number of carbonyl (C=O) groups excluding carboxylic acids is 2. The number of nitrogens with one attached hydrogen (secondary N) is 2. The van der Waals surface area contributed by atoms with Gasteiger partial charge >= 0.3 is 0 Å². The van der Waals surface area contributed by atoms with Crippen LogP contribution >= 0.6 is 0 Å². The number of aryl methyl sites for hydroxylation is 1. The van der Waals surface area contributed by atoms with Crippen molar-refractivity contribution in [3.63, 3.8) is 0 Å². The van der Waals surface area contributed by atoms with Crippen LogP contribution in [0, 0.1) is 26.3 Å². The normalized spacial score (nSPS) is 12.0. The van der Waals surface area contributed by atoms with Gasteiger partial charge in [-0.25, -0.2) is 18.0 Å². The summed E-state index contributed by atoms with van der Waals surface area (Å²) in [5.41, 5.74) is 2.79. The molecule has 1 aromatic heterocycles. The Morgan fingerprint density at radius 2 is 1.83 bits per heavy atom. The van der Waals surface area contributed by atoms with E-state index in [1.807, 2.05) is 20.8 Å². The fourth-order valence-electron chi connectivity index (χ4n) is 4.57. The highest BCUT2D eigenvalue weighted by molar-refractivity contribution is 7.92. The van der Waals surface area contributed by atoms with Crippen molar-refractivity contribution in [2.24, 2.45) is 5.92 Å². The molecule has 3 rings (SSSR count). The van der Waals surface area contributed by atoms with E-state index in [2.05, 4.69) is 20.0 Å². The quantitative estimate of drug-likeness (QED) is 0.269. The van der Waals surface area contributed by atoms with Crippen molar-refractivity contribution in [1.82, 2.24) is 15.4 Å². The van der Waals surface area contributed by atoms with Crippen molar-refractivity contribution < 1.29 is 22.5 Å². The van der Waals surface area contributed by atoms with Crippen molar-refractivity contribution in [2.75, 3.05) is 11.8 Å². The molecule has 2 aromatic carbocycles. The summed E-state index contributed by atoms with van der Waals surface area (Å²) in [7, 11) is -2.55. The molecule has 11 heteroatoms. The monoisotopic (exact) mass is 579 g/mol. The molecule has 0 saturated carbocycles. The highest BCUT2D eigenvalue weighted by atomic mass is 32.2. The third-order valence-corrected chi connectivity index (χ3v) is 8.32. The van der Waals surface area contributed by atoms with Crippen LogP contribution < -0.4 is 10.0 Å². The van der Waals surface area contributed by atoms with Crippen LogP contribution in [-0.2, 0) is 26.2 Å². The van der Waals surface area contributed by atoms with Gasteiger partial charge in [-0.1, -0.05) is 68.7 Å². The number of aromatic nitrogens is 1. The van der Waals surface area contributed by atoms with Crippen LogP contribution in [0.2, 0.25) is 0 Å². The number of unbranched alkanes of at least 4 members (excludes halogenated alkanes) is 1. The Morgan fingerprint density at radius 1 is 1.12 bits per heavy atom. The minimum absolute atomic E-state index is 0.0260. The first-order valence-electron chi connectivity index (χ1n) is 13.5. The van der Waals surface area contributed by atoms with Crippen LogP contribution in [0.4, 0.5) is 11.6 Å². The zero-order valence-corrected chi connectivity index (χ0v) is 25.1. The summed E-state index contributed by atoms with van der Waals surface area (Å²) in [6.07, 6.45) is 1.86. The molecule has 0 aliphatic carbocycles. The Balaban J connectivity index is 2.03. The molecular formula is C30H37N5O5S. The first-order valence-corrected chi connectivity index (χ1v) is 15.0. The highest BCUT2D eigenvalue weighted by Gasteiger charge is 2.32. The van der Waals surface area contributed by atoms with Gasteiger partial charge in [-0.05, 0) is 48.9 Å². The van der Waals surface area contributed by atoms with Gasteiger partial charge in [-0.2, -0.15) is 0 Å². The maximum atomic E-state index is 13.4. The molecule has 41 heavy (non-hydrogen) atoms. The van der Waals surface area contributed by atoms with Gasteiger partial charge in [0.25, 0.3) is 10.0 Å². The second-order valence-corrected chi connectivity index (χ2v) is 11.9. The van der Waals surface area contributed by atoms with E-state index < -0.39 is 16.1 Å². The number of likely N-dealkylation sites (N-methyl/N-ethyl adjacent to an activating group) is 1. The second-order valence-electron chi connectivity index (χ2n) is 10.2. The highest BCUT2D eigenvalue weighted by Crippen LogP contribution is 2.37. The Kier molecular flexibility index (Phi) is 10.3. The number of anilines is 1. The summed E-state index contributed by atoms with van der Waals surface area (Å²) in [6.45, 7) is 17.2. The molecule has 0 saturated heterocycles. The molecule has 10 nitrogen and oxygen atoms in total. The molecule has 218 valence electrons. The summed E-state index contributed by atoms with van der Waals surface area (Å²) in [5.74, 6) is -0.498. The smallest absolute Gasteiger partial charge is 0.264 e. The van der Waals surface area contributed by atoms with E-state index in [-0.39, 0.29) is 40.7 Å². The number of sulfonamides is 1. The lowest BCUT2D eigenvalue weighted by atomic mass is 9.98. The average Bonchev–Trinajstić information content (AvgIpc) is 3.26. The zero-order chi connectivity index (χ0) is 30.3. The van der Waals surface area contributed by atoms with E-state index in [1.54, 1.807) is 62.2 Å². The number of carbonyl (C=O) groups is 2. The molecule has 2 N–H and O–H groups in total. The molecule has 0 bridgehead atoms. The number of hydrogen-bond acceptors (Lipinski definition) is 6. The van der Waals surface area contributed by atoms with Gasteiger partial charge < -0.3 is 14.7 Å². The fourth-order valence-corrected chi connectivity index (χ4v) is 5.84. The average molecular weight is 580 g/mol. The Labute approximate surface area is 242 Å². The zero-order valence-electron chi connectivity index (χ0n) is 24.3. The number of amides is 2. The van der Waals surface area contributed by atoms with Crippen LogP contribution in [0.25, 0.3) is 16.0 Å². The van der Waals surface area contributed by atoms with Crippen molar-refractivity contribution in [1.29, 1.82) is 0 Å². The minimum atomic E-state index is -4.09. The van der Waals surface area contributed by atoms with E-state index in [9.17, 15) is 18.0 Å². The summed E-state index contributed by atoms with van der Waals surface area (Å²) in [5, 5.41) is 6.47. The van der Waals surface area contributed by atoms with Crippen LogP contribution in [0.5, 0.6) is 0 Å². The molecule has 1 atom stereocenters. The predicted molar refractivity (Wildman–Crippen MR) is 158 cm³/mol. The first kappa shape index (κ1) is 31.4. The lowest BCUT2D eigenvalue weighted by Gasteiger charge is -2.33. The van der Waals surface area contributed by atoms with E-state index >= 15 is 0 Å². The number of rotatable bonds is 12. The second kappa shape index (κ2) is 13.5. The van der Waals surface area contributed by atoms with Crippen LogP contribution in [0.1, 0.15) is 56.9 Å². The summed E-state index contributed by atoms with van der Waals surface area (Å²) >= 11 is 0. The molecule has 1 unspecified atom stereocenters. The maximum Gasteiger partial charge on any atom is 0.264 e. The number of nitrogens with zero attached hydrogens (tertiary/aromatic N) is 3. The van der Waals surface area contributed by atoms with Crippen molar-refractivity contribution in [2.45, 2.75) is 71.4 Å². The van der Waals surface area contributed by atoms with Crippen LogP contribution in [0.3, 0.4) is 0 Å². The molecular weight excluding hydrogens is 542 g/mol. The lowest BCUT2D eigenvalue weighted by molar-refractivity contribution is -0.142. The van der Waals surface area contributed by atoms with Gasteiger partial charge in [0.15, 0.2) is 5.69 Å². The molecule has 0 radical (unpaired) electrons. The van der Waals surface area contributed by atoms with Crippen LogP contribution in [0.15, 0.2) is 51.9 Å². The van der Waals surface area contributed by atoms with Gasteiger partial charge in [-0.3, -0.25) is 9.59 Å². The van der Waals surface area contributed by atoms with Gasteiger partial charge in [-0.15, -0.1) is 0 Å². The molecule has 0 fully saturated rings. The topological polar surface area (TPSA) is 126 Å². The fraction of sp³-hybridized carbons (Fsp3) is 0.400.